The number of carbonyl (C=O) groups excluding carboxylic acids is 1. The van der Waals surface area contributed by atoms with E-state index in [0.717, 1.165) is 24.5 Å². The van der Waals surface area contributed by atoms with E-state index in [4.69, 9.17) is 9.15 Å². The molecule has 0 saturated carbocycles. The largest absolute Gasteiger partial charge is 0.494 e. The normalized spacial score (nSPS) is 10.9. The molecule has 1 N–H and O–H groups in total. The molecule has 1 aromatic carbocycles. The fraction of sp³-hybridized carbons (Fsp3) is 0.381. The Kier molecular flexibility index (Phi) is 8.39. The highest BCUT2D eigenvalue weighted by atomic mass is 16.5. The molecule has 0 saturated heterocycles. The molecule has 134 valence electrons. The molecule has 0 spiro atoms. The second-order valence-electron chi connectivity index (χ2n) is 5.98. The predicted octanol–water partition coefficient (Wildman–Crippen LogP) is 5.67. The second-order valence-corrected chi connectivity index (χ2v) is 5.98. The highest BCUT2D eigenvalue weighted by Gasteiger charge is 2.00. The number of hydrogen-bond acceptors (Lipinski definition) is 3. The minimum Gasteiger partial charge on any atom is -0.494 e. The number of hydrogen-bond donors (Lipinski definition) is 1. The van der Waals surface area contributed by atoms with Crippen molar-refractivity contribution in [2.75, 3.05) is 11.9 Å². The van der Waals surface area contributed by atoms with Gasteiger partial charge in [0.15, 0.2) is 0 Å². The van der Waals surface area contributed by atoms with Gasteiger partial charge in [-0.3, -0.25) is 4.79 Å². The summed E-state index contributed by atoms with van der Waals surface area (Å²) in [6.45, 7) is 2.97. The summed E-state index contributed by atoms with van der Waals surface area (Å²) in [6, 6.07) is 11.0. The Morgan fingerprint density at radius 1 is 1.08 bits per heavy atom. The topological polar surface area (TPSA) is 51.5 Å². The highest BCUT2D eigenvalue weighted by molar-refractivity contribution is 6.01. The van der Waals surface area contributed by atoms with Gasteiger partial charge in [-0.15, -0.1) is 0 Å². The first-order chi connectivity index (χ1) is 12.3. The smallest absolute Gasteiger partial charge is 0.248 e. The van der Waals surface area contributed by atoms with Gasteiger partial charge in [-0.05, 0) is 48.9 Å². The molecule has 2 rings (SSSR count). The first-order valence-electron chi connectivity index (χ1n) is 9.03. The lowest BCUT2D eigenvalue weighted by Crippen LogP contribution is -2.07. The average Bonchev–Trinajstić information content (AvgIpc) is 3.14. The van der Waals surface area contributed by atoms with Crippen molar-refractivity contribution in [3.63, 3.8) is 0 Å². The van der Waals surface area contributed by atoms with Gasteiger partial charge in [-0.1, -0.05) is 39.0 Å². The van der Waals surface area contributed by atoms with Crippen LogP contribution < -0.4 is 10.1 Å². The van der Waals surface area contributed by atoms with Crippen molar-refractivity contribution in [1.82, 2.24) is 0 Å². The van der Waals surface area contributed by atoms with E-state index >= 15 is 0 Å². The van der Waals surface area contributed by atoms with Crippen LogP contribution in [-0.4, -0.2) is 12.5 Å². The van der Waals surface area contributed by atoms with Crippen LogP contribution in [0.15, 0.2) is 53.2 Å². The molecule has 1 amide bonds. The number of amides is 1. The number of anilines is 1. The molecule has 4 nitrogen and oxygen atoms in total. The number of carbonyl (C=O) groups is 1. The molecule has 4 heteroatoms. The van der Waals surface area contributed by atoms with Gasteiger partial charge >= 0.3 is 0 Å². The van der Waals surface area contributed by atoms with E-state index in [1.807, 2.05) is 24.3 Å². The average molecular weight is 341 g/mol. The number of benzene rings is 1. The molecule has 0 aliphatic heterocycles. The van der Waals surface area contributed by atoms with Crippen LogP contribution in [0.1, 0.15) is 51.2 Å². The van der Waals surface area contributed by atoms with Crippen molar-refractivity contribution in [1.29, 1.82) is 0 Å². The Morgan fingerprint density at radius 3 is 2.56 bits per heavy atom. The second kappa shape index (κ2) is 11.1. The summed E-state index contributed by atoms with van der Waals surface area (Å²) in [5, 5.41) is 2.80. The predicted molar refractivity (Wildman–Crippen MR) is 102 cm³/mol. The Bertz CT molecular complexity index is 630. The summed E-state index contributed by atoms with van der Waals surface area (Å²) < 4.78 is 10.9. The summed E-state index contributed by atoms with van der Waals surface area (Å²) in [6.07, 6.45) is 12.2. The van der Waals surface area contributed by atoms with Gasteiger partial charge in [-0.2, -0.15) is 0 Å². The standard InChI is InChI=1S/C21H27NO3/c1-2-3-4-5-6-7-16-24-20-12-10-18(11-13-20)22-21(23)15-14-19-9-8-17-25-19/h8-15,17H,2-7,16H2,1H3,(H,22,23)/b15-14+. The Balaban J connectivity index is 1.66. The van der Waals surface area contributed by atoms with E-state index in [1.165, 1.54) is 38.2 Å². The van der Waals surface area contributed by atoms with E-state index in [2.05, 4.69) is 12.2 Å². The van der Waals surface area contributed by atoms with Crippen molar-refractivity contribution < 1.29 is 13.9 Å². The maximum absolute atomic E-state index is 11.8. The number of rotatable bonds is 11. The molecule has 0 aliphatic rings. The number of nitrogens with one attached hydrogen (secondary N) is 1. The molecule has 0 fully saturated rings. The maximum Gasteiger partial charge on any atom is 0.248 e. The molecule has 2 aromatic rings. The zero-order chi connectivity index (χ0) is 17.7. The van der Waals surface area contributed by atoms with Crippen LogP contribution in [0.25, 0.3) is 6.08 Å². The van der Waals surface area contributed by atoms with Crippen LogP contribution in [0.3, 0.4) is 0 Å². The van der Waals surface area contributed by atoms with Gasteiger partial charge in [-0.25, -0.2) is 0 Å². The zero-order valence-corrected chi connectivity index (χ0v) is 14.9. The van der Waals surface area contributed by atoms with E-state index in [-0.39, 0.29) is 5.91 Å². The maximum atomic E-state index is 11.8. The van der Waals surface area contributed by atoms with Crippen LogP contribution in [0.5, 0.6) is 5.75 Å². The lowest BCUT2D eigenvalue weighted by atomic mass is 10.1. The third-order valence-electron chi connectivity index (χ3n) is 3.83. The monoisotopic (exact) mass is 341 g/mol. The van der Waals surface area contributed by atoms with Gasteiger partial charge in [0.05, 0.1) is 12.9 Å². The van der Waals surface area contributed by atoms with Gasteiger partial charge < -0.3 is 14.5 Å². The van der Waals surface area contributed by atoms with Crippen LogP contribution in [-0.2, 0) is 4.79 Å². The molecule has 1 heterocycles. The summed E-state index contributed by atoms with van der Waals surface area (Å²) in [7, 11) is 0. The molecule has 1 aromatic heterocycles. The zero-order valence-electron chi connectivity index (χ0n) is 14.9. The van der Waals surface area contributed by atoms with E-state index in [9.17, 15) is 4.79 Å². The van der Waals surface area contributed by atoms with Gasteiger partial charge in [0, 0.05) is 11.8 Å². The molecule has 25 heavy (non-hydrogen) atoms. The number of furan rings is 1. The summed E-state index contributed by atoms with van der Waals surface area (Å²) in [4.78, 5) is 11.8. The minimum atomic E-state index is -0.197. The van der Waals surface area contributed by atoms with Crippen molar-refractivity contribution >= 4 is 17.7 Å². The quantitative estimate of drug-likeness (QED) is 0.423. The molecular weight excluding hydrogens is 314 g/mol. The number of unbranched alkanes of at least 4 members (excludes halogenated alkanes) is 5. The lowest BCUT2D eigenvalue weighted by molar-refractivity contribution is -0.111. The summed E-state index contributed by atoms with van der Waals surface area (Å²) >= 11 is 0. The molecular formula is C21H27NO3. The van der Waals surface area contributed by atoms with Gasteiger partial charge in [0.25, 0.3) is 0 Å². The molecule has 0 radical (unpaired) electrons. The Morgan fingerprint density at radius 2 is 1.84 bits per heavy atom. The van der Waals surface area contributed by atoms with Gasteiger partial charge in [0.2, 0.25) is 5.91 Å². The molecule has 0 unspecified atom stereocenters. The highest BCUT2D eigenvalue weighted by Crippen LogP contribution is 2.16. The molecule has 0 atom stereocenters. The van der Waals surface area contributed by atoms with E-state index in [1.54, 1.807) is 24.5 Å². The van der Waals surface area contributed by atoms with E-state index in [0.29, 0.717) is 5.76 Å². The Hall–Kier alpha value is -2.49. The molecule has 0 aliphatic carbocycles. The first kappa shape index (κ1) is 18.8. The summed E-state index contributed by atoms with van der Waals surface area (Å²) in [5.74, 6) is 1.28. The van der Waals surface area contributed by atoms with Crippen molar-refractivity contribution in [2.45, 2.75) is 45.4 Å². The minimum absolute atomic E-state index is 0.197. The Labute approximate surface area is 149 Å². The van der Waals surface area contributed by atoms with Crippen LogP contribution >= 0.6 is 0 Å². The lowest BCUT2D eigenvalue weighted by Gasteiger charge is -2.07. The van der Waals surface area contributed by atoms with Crippen LogP contribution in [0, 0.1) is 0 Å². The van der Waals surface area contributed by atoms with Crippen LogP contribution in [0.4, 0.5) is 5.69 Å². The first-order valence-corrected chi connectivity index (χ1v) is 9.03. The molecule has 0 bridgehead atoms. The van der Waals surface area contributed by atoms with Crippen LogP contribution in [0.2, 0.25) is 0 Å². The third-order valence-corrected chi connectivity index (χ3v) is 3.83. The number of ether oxygens (including phenoxy) is 1. The fourth-order valence-electron chi connectivity index (χ4n) is 2.43. The summed E-state index contributed by atoms with van der Waals surface area (Å²) in [5.41, 5.74) is 0.737. The van der Waals surface area contributed by atoms with Gasteiger partial charge in [0.1, 0.15) is 11.5 Å². The fourth-order valence-corrected chi connectivity index (χ4v) is 2.43. The SMILES string of the molecule is CCCCCCCCOc1ccc(NC(=O)/C=C/c2ccco2)cc1. The van der Waals surface area contributed by atoms with Crippen molar-refractivity contribution in [3.8, 4) is 5.75 Å². The third kappa shape index (κ3) is 7.75. The van der Waals surface area contributed by atoms with Crippen molar-refractivity contribution in [2.24, 2.45) is 0 Å². The van der Waals surface area contributed by atoms with E-state index < -0.39 is 0 Å². The van der Waals surface area contributed by atoms with Crippen molar-refractivity contribution in [3.05, 3.63) is 54.5 Å².